The summed E-state index contributed by atoms with van der Waals surface area (Å²) in [6.07, 6.45) is 0. The summed E-state index contributed by atoms with van der Waals surface area (Å²) in [5.41, 5.74) is 0.993. The quantitative estimate of drug-likeness (QED) is 0.631. The number of carbonyl (C=O) groups excluding carboxylic acids is 1. The van der Waals surface area contributed by atoms with Gasteiger partial charge in [-0.25, -0.2) is 9.37 Å². The Balaban J connectivity index is 1.48. The van der Waals surface area contributed by atoms with Gasteiger partial charge >= 0.3 is 0 Å². The molecule has 2 aromatic heterocycles. The number of carbonyl (C=O) groups is 1. The van der Waals surface area contributed by atoms with E-state index in [1.165, 1.54) is 23.9 Å². The second-order valence-corrected chi connectivity index (χ2v) is 8.32. The highest BCUT2D eigenvalue weighted by molar-refractivity contribution is 8.00. The molecular weight excluding hydrogens is 363 g/mol. The molecule has 0 unspecified atom stereocenters. The molecule has 2 heterocycles. The lowest BCUT2D eigenvalue weighted by molar-refractivity contribution is -0.118. The highest BCUT2D eigenvalue weighted by atomic mass is 32.2. The summed E-state index contributed by atoms with van der Waals surface area (Å²) in [5, 5.41) is 6.00. The van der Waals surface area contributed by atoms with E-state index in [-0.39, 0.29) is 11.7 Å². The van der Waals surface area contributed by atoms with Crippen molar-refractivity contribution in [3.63, 3.8) is 0 Å². The van der Waals surface area contributed by atoms with E-state index in [4.69, 9.17) is 0 Å². The zero-order chi connectivity index (χ0) is 16.9. The smallest absolute Gasteiger partial charge is 0.230 e. The summed E-state index contributed by atoms with van der Waals surface area (Å²) in [6, 6.07) is 10.2. The van der Waals surface area contributed by atoms with Gasteiger partial charge in [-0.2, -0.15) is 0 Å². The van der Waals surface area contributed by atoms with Gasteiger partial charge in [-0.3, -0.25) is 4.79 Å². The van der Waals surface area contributed by atoms with Gasteiger partial charge in [0.05, 0.1) is 27.9 Å². The molecule has 1 aromatic carbocycles. The third kappa shape index (κ3) is 4.66. The molecular formula is C17H15FN2OS3. The molecule has 0 saturated heterocycles. The molecule has 0 aliphatic heterocycles. The monoisotopic (exact) mass is 378 g/mol. The molecule has 3 nitrogen and oxygen atoms in total. The normalized spacial score (nSPS) is 10.8. The number of hydrogen-bond acceptors (Lipinski definition) is 5. The average Bonchev–Trinajstić information content (AvgIpc) is 3.21. The molecule has 3 aromatic rings. The minimum absolute atomic E-state index is 0.0382. The minimum Gasteiger partial charge on any atom is -0.350 e. The fourth-order valence-electron chi connectivity index (χ4n) is 2.00. The number of aromatic nitrogens is 1. The molecule has 1 amide bonds. The van der Waals surface area contributed by atoms with Crippen LogP contribution in [0.3, 0.4) is 0 Å². The first-order valence-corrected chi connectivity index (χ1v) is 9.94. The van der Waals surface area contributed by atoms with E-state index in [2.05, 4.69) is 10.3 Å². The van der Waals surface area contributed by atoms with Crippen LogP contribution in [-0.4, -0.2) is 16.6 Å². The van der Waals surface area contributed by atoms with Gasteiger partial charge < -0.3 is 5.32 Å². The van der Waals surface area contributed by atoms with Gasteiger partial charge in [0.2, 0.25) is 5.91 Å². The zero-order valence-corrected chi connectivity index (χ0v) is 15.4. The summed E-state index contributed by atoms with van der Waals surface area (Å²) in [7, 11) is 0. The maximum absolute atomic E-state index is 12.8. The second-order valence-electron chi connectivity index (χ2n) is 5.04. The van der Waals surface area contributed by atoms with Gasteiger partial charge in [-0.1, -0.05) is 0 Å². The molecule has 0 aliphatic rings. The lowest BCUT2D eigenvalue weighted by Crippen LogP contribution is -2.24. The fraction of sp³-hybridized carbons (Fsp3) is 0.176. The number of benzene rings is 1. The predicted molar refractivity (Wildman–Crippen MR) is 99.1 cm³/mol. The van der Waals surface area contributed by atoms with Crippen LogP contribution < -0.4 is 5.32 Å². The van der Waals surface area contributed by atoms with E-state index >= 15 is 0 Å². The topological polar surface area (TPSA) is 42.0 Å². The van der Waals surface area contributed by atoms with Crippen LogP contribution in [0.2, 0.25) is 0 Å². The predicted octanol–water partition coefficient (Wildman–Crippen LogP) is 4.73. The number of aryl methyl sites for hydroxylation is 1. The molecule has 0 aliphatic carbocycles. The van der Waals surface area contributed by atoms with Gasteiger partial charge in [-0.05, 0) is 43.3 Å². The van der Waals surface area contributed by atoms with Crippen molar-refractivity contribution >= 4 is 40.3 Å². The number of halogens is 1. The van der Waals surface area contributed by atoms with Gasteiger partial charge in [0.1, 0.15) is 5.82 Å². The van der Waals surface area contributed by atoms with E-state index in [9.17, 15) is 9.18 Å². The van der Waals surface area contributed by atoms with E-state index in [1.54, 1.807) is 34.8 Å². The Morgan fingerprint density at radius 2 is 2.04 bits per heavy atom. The number of hydrogen-bond donors (Lipinski definition) is 1. The minimum atomic E-state index is -0.271. The van der Waals surface area contributed by atoms with E-state index in [0.717, 1.165) is 25.4 Å². The molecule has 0 atom stereocenters. The number of rotatable bonds is 6. The van der Waals surface area contributed by atoms with Crippen LogP contribution in [0.4, 0.5) is 4.39 Å². The third-order valence-corrected chi connectivity index (χ3v) is 6.07. The SMILES string of the molecule is Cc1nc(-c2ccc(CNC(=O)CSc3ccc(F)cc3)s2)cs1. The number of thiophene rings is 1. The largest absolute Gasteiger partial charge is 0.350 e. The van der Waals surface area contributed by atoms with Crippen molar-refractivity contribution in [3.05, 3.63) is 57.5 Å². The Labute approximate surface area is 152 Å². The summed E-state index contributed by atoms with van der Waals surface area (Å²) >= 11 is 4.66. The first-order chi connectivity index (χ1) is 11.6. The summed E-state index contributed by atoms with van der Waals surface area (Å²) in [5.74, 6) is 0.00573. The number of thioether (sulfide) groups is 1. The molecule has 0 radical (unpaired) electrons. The van der Waals surface area contributed by atoms with E-state index in [0.29, 0.717) is 12.3 Å². The summed E-state index contributed by atoms with van der Waals surface area (Å²) in [4.78, 5) is 19.5. The third-order valence-electron chi connectivity index (χ3n) is 3.18. The van der Waals surface area contributed by atoms with Crippen LogP contribution in [0.5, 0.6) is 0 Å². The molecule has 3 rings (SSSR count). The molecule has 0 fully saturated rings. The van der Waals surface area contributed by atoms with Crippen molar-refractivity contribution in [2.75, 3.05) is 5.75 Å². The van der Waals surface area contributed by atoms with Crippen molar-refractivity contribution in [1.82, 2.24) is 10.3 Å². The van der Waals surface area contributed by atoms with Gasteiger partial charge in [0.25, 0.3) is 0 Å². The molecule has 0 spiro atoms. The van der Waals surface area contributed by atoms with E-state index < -0.39 is 0 Å². The maximum Gasteiger partial charge on any atom is 0.230 e. The molecule has 0 saturated carbocycles. The van der Waals surface area contributed by atoms with Crippen molar-refractivity contribution in [1.29, 1.82) is 0 Å². The number of nitrogens with zero attached hydrogens (tertiary/aromatic N) is 1. The van der Waals surface area contributed by atoms with Crippen molar-refractivity contribution in [2.24, 2.45) is 0 Å². The number of nitrogens with one attached hydrogen (secondary N) is 1. The highest BCUT2D eigenvalue weighted by Gasteiger charge is 2.08. The Kier molecular flexibility index (Phi) is 5.65. The van der Waals surface area contributed by atoms with Crippen LogP contribution in [0.15, 0.2) is 46.7 Å². The zero-order valence-electron chi connectivity index (χ0n) is 12.9. The molecule has 7 heteroatoms. The number of amides is 1. The average molecular weight is 379 g/mol. The Morgan fingerprint density at radius 1 is 1.25 bits per heavy atom. The lowest BCUT2D eigenvalue weighted by Gasteiger charge is -2.04. The summed E-state index contributed by atoms with van der Waals surface area (Å²) < 4.78 is 12.8. The maximum atomic E-state index is 12.8. The van der Waals surface area contributed by atoms with Gasteiger partial charge in [0, 0.05) is 15.2 Å². The van der Waals surface area contributed by atoms with E-state index in [1.807, 2.05) is 24.4 Å². The van der Waals surface area contributed by atoms with Crippen molar-refractivity contribution in [3.8, 4) is 10.6 Å². The summed E-state index contributed by atoms with van der Waals surface area (Å²) in [6.45, 7) is 2.50. The highest BCUT2D eigenvalue weighted by Crippen LogP contribution is 2.29. The van der Waals surface area contributed by atoms with Crippen LogP contribution >= 0.6 is 34.4 Å². The van der Waals surface area contributed by atoms with Crippen LogP contribution in [-0.2, 0) is 11.3 Å². The van der Waals surface area contributed by atoms with Crippen molar-refractivity contribution in [2.45, 2.75) is 18.4 Å². The Hall–Kier alpha value is -1.70. The second kappa shape index (κ2) is 7.92. The standard InChI is InChI=1S/C17H15FN2OS3/c1-11-20-15(9-22-11)16-7-6-14(24-16)8-19-17(21)10-23-13-4-2-12(18)3-5-13/h2-7,9H,8,10H2,1H3,(H,19,21). The Bertz CT molecular complexity index is 826. The van der Waals surface area contributed by atoms with Crippen LogP contribution in [0.1, 0.15) is 9.88 Å². The van der Waals surface area contributed by atoms with Gasteiger partial charge in [0.15, 0.2) is 0 Å². The van der Waals surface area contributed by atoms with Crippen LogP contribution in [0.25, 0.3) is 10.6 Å². The number of thiazole rings is 1. The molecule has 124 valence electrons. The van der Waals surface area contributed by atoms with Gasteiger partial charge in [-0.15, -0.1) is 34.4 Å². The lowest BCUT2D eigenvalue weighted by atomic mass is 10.3. The molecule has 24 heavy (non-hydrogen) atoms. The Morgan fingerprint density at radius 3 is 2.75 bits per heavy atom. The van der Waals surface area contributed by atoms with Crippen LogP contribution in [0, 0.1) is 12.7 Å². The fourth-order valence-corrected chi connectivity index (χ4v) is 4.33. The molecule has 0 bridgehead atoms. The first kappa shape index (κ1) is 17.1. The van der Waals surface area contributed by atoms with Crippen molar-refractivity contribution < 1.29 is 9.18 Å². The first-order valence-electron chi connectivity index (χ1n) is 7.26. The molecule has 1 N–H and O–H groups in total.